The van der Waals surface area contributed by atoms with E-state index in [0.29, 0.717) is 37.4 Å². The third kappa shape index (κ3) is 3.64. The van der Waals surface area contributed by atoms with Crippen LogP contribution in [-0.4, -0.2) is 52.8 Å². The highest BCUT2D eigenvalue weighted by Crippen LogP contribution is 2.14. The molecule has 1 aliphatic heterocycles. The van der Waals surface area contributed by atoms with Gasteiger partial charge in [0.25, 0.3) is 11.8 Å². The maximum absolute atomic E-state index is 12.7. The number of nitrogens with zero attached hydrogens (tertiary/aromatic N) is 3. The number of carbonyl (C=O) groups is 2. The molecule has 0 bridgehead atoms. The Balaban J connectivity index is 1.66. The van der Waals surface area contributed by atoms with Crippen LogP contribution >= 0.6 is 11.3 Å². The molecule has 1 saturated heterocycles. The van der Waals surface area contributed by atoms with Crippen LogP contribution in [0.25, 0.3) is 0 Å². The minimum absolute atomic E-state index is 0.0378. The van der Waals surface area contributed by atoms with Crippen LogP contribution in [0.5, 0.6) is 0 Å². The first-order chi connectivity index (χ1) is 11.5. The van der Waals surface area contributed by atoms with Gasteiger partial charge in [0.05, 0.1) is 5.01 Å². The van der Waals surface area contributed by atoms with Crippen molar-refractivity contribution in [3.63, 3.8) is 0 Å². The average Bonchev–Trinajstić information content (AvgIpc) is 2.86. The van der Waals surface area contributed by atoms with Crippen molar-refractivity contribution in [2.24, 2.45) is 0 Å². The summed E-state index contributed by atoms with van der Waals surface area (Å²) in [6, 6.07) is 7.64. The van der Waals surface area contributed by atoms with Gasteiger partial charge < -0.3 is 9.80 Å². The van der Waals surface area contributed by atoms with Crippen LogP contribution in [-0.2, 0) is 0 Å². The van der Waals surface area contributed by atoms with E-state index < -0.39 is 0 Å². The maximum atomic E-state index is 12.7. The van der Waals surface area contributed by atoms with E-state index in [1.165, 1.54) is 11.3 Å². The highest BCUT2D eigenvalue weighted by atomic mass is 32.1. The molecule has 2 amide bonds. The molecule has 0 spiro atoms. The molecule has 2 aromatic rings. The minimum Gasteiger partial charge on any atom is -0.337 e. The van der Waals surface area contributed by atoms with Gasteiger partial charge in [-0.2, -0.15) is 0 Å². The van der Waals surface area contributed by atoms with Crippen LogP contribution in [0.3, 0.4) is 0 Å². The summed E-state index contributed by atoms with van der Waals surface area (Å²) in [6.45, 7) is 6.32. The van der Waals surface area contributed by atoms with Crippen molar-refractivity contribution >= 4 is 23.2 Å². The molecule has 0 atom stereocenters. The summed E-state index contributed by atoms with van der Waals surface area (Å²) in [5, 5.41) is 2.70. The summed E-state index contributed by atoms with van der Waals surface area (Å²) in [5.74, 6) is 0.00158. The quantitative estimate of drug-likeness (QED) is 0.842. The molecule has 0 aliphatic carbocycles. The van der Waals surface area contributed by atoms with E-state index in [1.54, 1.807) is 10.3 Å². The molecule has 5 nitrogen and oxygen atoms in total. The smallest absolute Gasteiger partial charge is 0.273 e. The summed E-state index contributed by atoms with van der Waals surface area (Å²) < 4.78 is 0. The number of amides is 2. The lowest BCUT2D eigenvalue weighted by atomic mass is 10.1. The number of hydrogen-bond acceptors (Lipinski definition) is 4. The van der Waals surface area contributed by atoms with Crippen molar-refractivity contribution in [1.82, 2.24) is 14.8 Å². The van der Waals surface area contributed by atoms with Gasteiger partial charge >= 0.3 is 0 Å². The van der Waals surface area contributed by atoms with E-state index in [1.807, 2.05) is 43.0 Å². The Morgan fingerprint density at radius 2 is 1.75 bits per heavy atom. The Hall–Kier alpha value is -2.21. The Bertz CT molecular complexity index is 756. The fourth-order valence-electron chi connectivity index (χ4n) is 2.91. The van der Waals surface area contributed by atoms with E-state index in [2.05, 4.69) is 4.98 Å². The zero-order chi connectivity index (χ0) is 17.1. The highest BCUT2D eigenvalue weighted by Gasteiger charge is 2.24. The van der Waals surface area contributed by atoms with E-state index in [0.717, 1.165) is 17.0 Å². The molecule has 1 aliphatic rings. The standard InChI is InChI=1S/C18H21N3O2S/c1-13-5-3-6-15(11-13)17(22)20-7-4-8-21(10-9-20)18(23)16-12-24-14(2)19-16/h3,5-6,11-12H,4,7-10H2,1-2H3. The lowest BCUT2D eigenvalue weighted by Crippen LogP contribution is -2.37. The van der Waals surface area contributed by atoms with Crippen LogP contribution in [0.2, 0.25) is 0 Å². The largest absolute Gasteiger partial charge is 0.337 e. The molecule has 1 aromatic carbocycles. The van der Waals surface area contributed by atoms with Crippen LogP contribution in [0.4, 0.5) is 0 Å². The monoisotopic (exact) mass is 343 g/mol. The second-order valence-corrected chi connectivity index (χ2v) is 7.12. The van der Waals surface area contributed by atoms with Crippen LogP contribution in [0, 0.1) is 13.8 Å². The topological polar surface area (TPSA) is 53.5 Å². The van der Waals surface area contributed by atoms with Gasteiger partial charge in [0.1, 0.15) is 5.69 Å². The number of rotatable bonds is 2. The van der Waals surface area contributed by atoms with E-state index in [4.69, 9.17) is 0 Å². The number of carbonyl (C=O) groups excluding carboxylic acids is 2. The molecule has 0 saturated carbocycles. The number of benzene rings is 1. The van der Waals surface area contributed by atoms with Gasteiger partial charge in [-0.25, -0.2) is 4.98 Å². The van der Waals surface area contributed by atoms with E-state index in [-0.39, 0.29) is 11.8 Å². The Morgan fingerprint density at radius 3 is 2.38 bits per heavy atom. The molecule has 0 unspecified atom stereocenters. The number of aryl methyl sites for hydroxylation is 2. The Kier molecular flexibility index (Phi) is 4.94. The predicted octanol–water partition coefficient (Wildman–Crippen LogP) is 2.75. The molecule has 3 rings (SSSR count). The van der Waals surface area contributed by atoms with Gasteiger partial charge in [-0.1, -0.05) is 17.7 Å². The van der Waals surface area contributed by atoms with Crippen molar-refractivity contribution in [2.45, 2.75) is 20.3 Å². The van der Waals surface area contributed by atoms with Crippen molar-refractivity contribution in [3.8, 4) is 0 Å². The molecule has 1 fully saturated rings. The van der Waals surface area contributed by atoms with Gasteiger partial charge in [-0.15, -0.1) is 11.3 Å². The van der Waals surface area contributed by atoms with E-state index in [9.17, 15) is 9.59 Å². The fourth-order valence-corrected chi connectivity index (χ4v) is 3.49. The van der Waals surface area contributed by atoms with Crippen molar-refractivity contribution in [2.75, 3.05) is 26.2 Å². The van der Waals surface area contributed by atoms with Gasteiger partial charge in [-0.05, 0) is 32.4 Å². The molecule has 6 heteroatoms. The van der Waals surface area contributed by atoms with Gasteiger partial charge in [0.2, 0.25) is 0 Å². The van der Waals surface area contributed by atoms with Crippen LogP contribution in [0.15, 0.2) is 29.6 Å². The first-order valence-electron chi connectivity index (χ1n) is 8.12. The lowest BCUT2D eigenvalue weighted by Gasteiger charge is -2.22. The maximum Gasteiger partial charge on any atom is 0.273 e. The molecule has 0 radical (unpaired) electrons. The molecular weight excluding hydrogens is 322 g/mol. The first-order valence-corrected chi connectivity index (χ1v) is 9.00. The van der Waals surface area contributed by atoms with E-state index >= 15 is 0 Å². The molecular formula is C18H21N3O2S. The predicted molar refractivity (Wildman–Crippen MR) is 94.5 cm³/mol. The van der Waals surface area contributed by atoms with Gasteiger partial charge in [0.15, 0.2) is 0 Å². The molecule has 126 valence electrons. The third-order valence-corrected chi connectivity index (χ3v) is 4.95. The van der Waals surface area contributed by atoms with Crippen molar-refractivity contribution in [3.05, 3.63) is 51.5 Å². The number of hydrogen-bond donors (Lipinski definition) is 0. The number of aromatic nitrogens is 1. The number of thiazole rings is 1. The summed E-state index contributed by atoms with van der Waals surface area (Å²) >= 11 is 1.48. The summed E-state index contributed by atoms with van der Waals surface area (Å²) in [5.41, 5.74) is 2.30. The van der Waals surface area contributed by atoms with Gasteiger partial charge in [0, 0.05) is 37.1 Å². The normalized spacial score (nSPS) is 15.2. The van der Waals surface area contributed by atoms with Crippen LogP contribution in [0.1, 0.15) is 37.8 Å². The Labute approximate surface area is 145 Å². The minimum atomic E-state index is -0.0378. The van der Waals surface area contributed by atoms with Crippen molar-refractivity contribution < 1.29 is 9.59 Å². The zero-order valence-electron chi connectivity index (χ0n) is 14.0. The van der Waals surface area contributed by atoms with Gasteiger partial charge in [-0.3, -0.25) is 9.59 Å². The second kappa shape index (κ2) is 7.13. The molecule has 0 N–H and O–H groups in total. The SMILES string of the molecule is Cc1cccc(C(=O)N2CCCN(C(=O)c3csc(C)n3)CC2)c1. The second-order valence-electron chi connectivity index (χ2n) is 6.06. The first kappa shape index (κ1) is 16.6. The highest BCUT2D eigenvalue weighted by molar-refractivity contribution is 7.09. The zero-order valence-corrected chi connectivity index (χ0v) is 14.8. The average molecular weight is 343 g/mol. The lowest BCUT2D eigenvalue weighted by molar-refractivity contribution is 0.0716. The Morgan fingerprint density at radius 1 is 1.04 bits per heavy atom. The molecule has 24 heavy (non-hydrogen) atoms. The molecule has 2 heterocycles. The third-order valence-electron chi connectivity index (χ3n) is 4.17. The summed E-state index contributed by atoms with van der Waals surface area (Å²) in [7, 11) is 0. The summed E-state index contributed by atoms with van der Waals surface area (Å²) in [6.07, 6.45) is 0.784. The van der Waals surface area contributed by atoms with Crippen LogP contribution < -0.4 is 0 Å². The fraction of sp³-hybridized carbons (Fsp3) is 0.389. The van der Waals surface area contributed by atoms with Crippen molar-refractivity contribution in [1.29, 1.82) is 0 Å². The molecule has 1 aromatic heterocycles. The summed E-state index contributed by atoms with van der Waals surface area (Å²) in [4.78, 5) is 33.1.